The molecule has 3 nitrogen and oxygen atoms in total. The Morgan fingerprint density at radius 3 is 2.70 bits per heavy atom. The molecule has 0 aliphatic heterocycles. The molecule has 116 valence electrons. The van der Waals surface area contributed by atoms with Gasteiger partial charge in [-0.15, -0.1) is 0 Å². The number of anilines is 2. The fraction of sp³-hybridized carbons (Fsp3) is 0.200. The highest BCUT2D eigenvalue weighted by Crippen LogP contribution is 2.30. The SMILES string of the molecule is OC1CCc2cccc(Nc3ccc(-c4ccccc4)[nH]3)c2C1. The van der Waals surface area contributed by atoms with Gasteiger partial charge in [-0.3, -0.25) is 0 Å². The Balaban J connectivity index is 1.61. The molecule has 1 unspecified atom stereocenters. The highest BCUT2D eigenvalue weighted by Gasteiger charge is 2.19. The second kappa shape index (κ2) is 5.94. The fourth-order valence-corrected chi connectivity index (χ4v) is 3.29. The first kappa shape index (κ1) is 14.1. The van der Waals surface area contributed by atoms with Gasteiger partial charge in [0.1, 0.15) is 5.82 Å². The minimum Gasteiger partial charge on any atom is -0.393 e. The van der Waals surface area contributed by atoms with Gasteiger partial charge in [0, 0.05) is 17.8 Å². The van der Waals surface area contributed by atoms with Gasteiger partial charge in [0.2, 0.25) is 0 Å². The van der Waals surface area contributed by atoms with Crippen molar-refractivity contribution >= 4 is 11.5 Å². The van der Waals surface area contributed by atoms with Crippen molar-refractivity contribution in [3.63, 3.8) is 0 Å². The lowest BCUT2D eigenvalue weighted by Crippen LogP contribution is -2.19. The first-order valence-electron chi connectivity index (χ1n) is 8.10. The van der Waals surface area contributed by atoms with E-state index >= 15 is 0 Å². The van der Waals surface area contributed by atoms with E-state index in [1.54, 1.807) is 0 Å². The summed E-state index contributed by atoms with van der Waals surface area (Å²) >= 11 is 0. The number of rotatable bonds is 3. The largest absolute Gasteiger partial charge is 0.393 e. The summed E-state index contributed by atoms with van der Waals surface area (Å²) in [5, 5.41) is 13.4. The van der Waals surface area contributed by atoms with E-state index in [0.717, 1.165) is 36.5 Å². The molecule has 1 heterocycles. The van der Waals surface area contributed by atoms with Crippen molar-refractivity contribution in [2.45, 2.75) is 25.4 Å². The number of aromatic nitrogens is 1. The molecule has 2 aromatic carbocycles. The third-order valence-corrected chi connectivity index (χ3v) is 4.50. The Bertz CT molecular complexity index is 808. The molecule has 3 heteroatoms. The van der Waals surface area contributed by atoms with Crippen LogP contribution in [0.5, 0.6) is 0 Å². The molecule has 0 fully saturated rings. The van der Waals surface area contributed by atoms with E-state index in [-0.39, 0.29) is 6.10 Å². The highest BCUT2D eigenvalue weighted by atomic mass is 16.3. The summed E-state index contributed by atoms with van der Waals surface area (Å²) in [7, 11) is 0. The van der Waals surface area contributed by atoms with Gasteiger partial charge in [0.15, 0.2) is 0 Å². The zero-order valence-corrected chi connectivity index (χ0v) is 12.9. The second-order valence-electron chi connectivity index (χ2n) is 6.12. The molecular formula is C20H20N2O. The number of H-pyrrole nitrogens is 1. The van der Waals surface area contributed by atoms with E-state index in [1.165, 1.54) is 16.7 Å². The van der Waals surface area contributed by atoms with Crippen molar-refractivity contribution < 1.29 is 5.11 Å². The van der Waals surface area contributed by atoms with Crippen LogP contribution in [0.2, 0.25) is 0 Å². The topological polar surface area (TPSA) is 48.0 Å². The molecule has 1 aromatic heterocycles. The van der Waals surface area contributed by atoms with Gasteiger partial charge < -0.3 is 15.4 Å². The van der Waals surface area contributed by atoms with Crippen LogP contribution in [0.3, 0.4) is 0 Å². The molecule has 3 N–H and O–H groups in total. The van der Waals surface area contributed by atoms with E-state index in [4.69, 9.17) is 0 Å². The van der Waals surface area contributed by atoms with Crippen LogP contribution in [0.1, 0.15) is 17.5 Å². The zero-order valence-electron chi connectivity index (χ0n) is 12.9. The number of fused-ring (bicyclic) bond motifs is 1. The maximum absolute atomic E-state index is 9.96. The number of aliphatic hydroxyl groups excluding tert-OH is 1. The van der Waals surface area contributed by atoms with Gasteiger partial charge in [0.05, 0.1) is 6.10 Å². The van der Waals surface area contributed by atoms with Gasteiger partial charge >= 0.3 is 0 Å². The van der Waals surface area contributed by atoms with Gasteiger partial charge in [-0.2, -0.15) is 0 Å². The van der Waals surface area contributed by atoms with Crippen LogP contribution in [0.4, 0.5) is 11.5 Å². The van der Waals surface area contributed by atoms with Crippen LogP contribution in [0.25, 0.3) is 11.3 Å². The van der Waals surface area contributed by atoms with Crippen LogP contribution in [-0.4, -0.2) is 16.2 Å². The molecule has 0 radical (unpaired) electrons. The molecule has 0 bridgehead atoms. The molecule has 23 heavy (non-hydrogen) atoms. The Kier molecular flexibility index (Phi) is 3.64. The van der Waals surface area contributed by atoms with E-state index < -0.39 is 0 Å². The number of aromatic amines is 1. The molecule has 4 rings (SSSR count). The van der Waals surface area contributed by atoms with Crippen LogP contribution >= 0.6 is 0 Å². The van der Waals surface area contributed by atoms with E-state index in [9.17, 15) is 5.11 Å². The zero-order chi connectivity index (χ0) is 15.6. The van der Waals surface area contributed by atoms with Crippen LogP contribution < -0.4 is 5.32 Å². The summed E-state index contributed by atoms with van der Waals surface area (Å²) in [6.45, 7) is 0. The van der Waals surface area contributed by atoms with Crippen molar-refractivity contribution in [2.75, 3.05) is 5.32 Å². The lowest BCUT2D eigenvalue weighted by molar-refractivity contribution is 0.159. The predicted octanol–water partition coefficient (Wildman–Crippen LogP) is 4.27. The maximum atomic E-state index is 9.96. The summed E-state index contributed by atoms with van der Waals surface area (Å²) in [6.07, 6.45) is 2.31. The minimum absolute atomic E-state index is 0.228. The summed E-state index contributed by atoms with van der Waals surface area (Å²) in [5.74, 6) is 0.970. The first-order valence-corrected chi connectivity index (χ1v) is 8.10. The third kappa shape index (κ3) is 2.88. The first-order chi connectivity index (χ1) is 11.3. The van der Waals surface area contributed by atoms with Crippen LogP contribution in [0.15, 0.2) is 60.7 Å². The highest BCUT2D eigenvalue weighted by molar-refractivity contribution is 5.68. The smallest absolute Gasteiger partial charge is 0.108 e. The molecule has 1 aliphatic carbocycles. The van der Waals surface area contributed by atoms with Crippen molar-refractivity contribution in [2.24, 2.45) is 0 Å². The number of aryl methyl sites for hydroxylation is 1. The summed E-state index contributed by atoms with van der Waals surface area (Å²) in [4.78, 5) is 3.42. The van der Waals surface area contributed by atoms with E-state index in [0.29, 0.717) is 0 Å². The molecule has 1 atom stereocenters. The van der Waals surface area contributed by atoms with Crippen molar-refractivity contribution in [1.29, 1.82) is 0 Å². The minimum atomic E-state index is -0.228. The Labute approximate surface area is 136 Å². The van der Waals surface area contributed by atoms with Gasteiger partial charge in [-0.05, 0) is 47.7 Å². The predicted molar refractivity (Wildman–Crippen MR) is 94.0 cm³/mol. The maximum Gasteiger partial charge on any atom is 0.108 e. The van der Waals surface area contributed by atoms with Crippen LogP contribution in [0, 0.1) is 0 Å². The third-order valence-electron chi connectivity index (χ3n) is 4.50. The standard InChI is InChI=1S/C20H20N2O/c23-16-10-9-14-7-4-8-19(17(14)13-16)22-20-12-11-18(21-20)15-5-2-1-3-6-15/h1-8,11-12,16,21-23H,9-10,13H2. The number of aliphatic hydroxyl groups is 1. The van der Waals surface area contributed by atoms with Crippen LogP contribution in [-0.2, 0) is 12.8 Å². The quantitative estimate of drug-likeness (QED) is 0.676. The monoisotopic (exact) mass is 304 g/mol. The number of benzene rings is 2. The molecule has 0 saturated carbocycles. The lowest BCUT2D eigenvalue weighted by atomic mass is 9.88. The summed E-state index contributed by atoms with van der Waals surface area (Å²) in [5.41, 5.74) is 5.93. The average molecular weight is 304 g/mol. The molecule has 0 amide bonds. The van der Waals surface area contributed by atoms with E-state index in [2.05, 4.69) is 52.8 Å². The normalized spacial score (nSPS) is 16.8. The number of hydrogen-bond donors (Lipinski definition) is 3. The number of nitrogens with one attached hydrogen (secondary N) is 2. The van der Waals surface area contributed by atoms with Crippen molar-refractivity contribution in [3.05, 3.63) is 71.8 Å². The lowest BCUT2D eigenvalue weighted by Gasteiger charge is -2.23. The summed E-state index contributed by atoms with van der Waals surface area (Å²) < 4.78 is 0. The van der Waals surface area contributed by atoms with E-state index in [1.807, 2.05) is 18.2 Å². The van der Waals surface area contributed by atoms with Crippen molar-refractivity contribution in [1.82, 2.24) is 4.98 Å². The number of hydrogen-bond acceptors (Lipinski definition) is 2. The molecule has 1 aliphatic rings. The molecule has 0 spiro atoms. The Morgan fingerprint density at radius 2 is 1.83 bits per heavy atom. The van der Waals surface area contributed by atoms with Crippen molar-refractivity contribution in [3.8, 4) is 11.3 Å². The average Bonchev–Trinajstić information content (AvgIpc) is 3.05. The second-order valence-corrected chi connectivity index (χ2v) is 6.12. The molecule has 0 saturated heterocycles. The van der Waals surface area contributed by atoms with Gasteiger partial charge in [-0.1, -0.05) is 42.5 Å². The Morgan fingerprint density at radius 1 is 0.957 bits per heavy atom. The molecule has 3 aromatic rings. The summed E-state index contributed by atoms with van der Waals surface area (Å²) in [6, 6.07) is 20.8. The van der Waals surface area contributed by atoms with Gasteiger partial charge in [0.25, 0.3) is 0 Å². The van der Waals surface area contributed by atoms with Gasteiger partial charge in [-0.25, -0.2) is 0 Å². The fourth-order valence-electron chi connectivity index (χ4n) is 3.29. The Hall–Kier alpha value is -2.52. The molecular weight excluding hydrogens is 284 g/mol.